The lowest BCUT2D eigenvalue weighted by molar-refractivity contribution is -0.118. The Morgan fingerprint density at radius 2 is 1.69 bits per heavy atom. The monoisotopic (exact) mass is 439 g/mol. The number of carbonyl (C=O) groups excluding carboxylic acids is 1. The summed E-state index contributed by atoms with van der Waals surface area (Å²) in [6.07, 6.45) is 5.42. The largest absolute Gasteiger partial charge is 0.326 e. The number of rotatable bonds is 5. The molecule has 1 atom stereocenters. The van der Waals surface area contributed by atoms with Crippen molar-refractivity contribution in [1.82, 2.24) is 9.80 Å². The number of halogens is 2. The van der Waals surface area contributed by atoms with Crippen molar-refractivity contribution in [2.75, 3.05) is 31.5 Å². The fourth-order valence-corrected chi connectivity index (χ4v) is 5.69. The maximum absolute atomic E-state index is 13.4. The second-order valence-corrected chi connectivity index (χ2v) is 9.77. The van der Waals surface area contributed by atoms with Crippen LogP contribution in [0.5, 0.6) is 0 Å². The first kappa shape index (κ1) is 21.5. The summed E-state index contributed by atoms with van der Waals surface area (Å²) >= 11 is 0. The zero-order chi connectivity index (χ0) is 22.1. The highest BCUT2D eigenvalue weighted by Gasteiger charge is 2.58. The van der Waals surface area contributed by atoms with E-state index in [1.807, 2.05) is 0 Å². The topological polar surface area (TPSA) is 35.6 Å². The molecule has 2 aromatic rings. The standard InChI is InChI=1S/C26H31F2N3O/c27-23-7-6-20(16-24(23)28)29-25(32)22-17-26(22)10-14-31(15-11-26)21-8-12-30(13-9-21)18-19-4-2-1-3-5-19/h1-7,16,21-22H,8-15,17-18H2,(H,29,32). The van der Waals surface area contributed by atoms with Crippen LogP contribution in [0.3, 0.4) is 0 Å². The summed E-state index contributed by atoms with van der Waals surface area (Å²) in [5.41, 5.74) is 1.82. The van der Waals surface area contributed by atoms with Gasteiger partial charge in [0.15, 0.2) is 11.6 Å². The predicted molar refractivity (Wildman–Crippen MR) is 121 cm³/mol. The Morgan fingerprint density at radius 1 is 0.969 bits per heavy atom. The van der Waals surface area contributed by atoms with E-state index in [1.165, 1.54) is 24.5 Å². The lowest BCUT2D eigenvalue weighted by Crippen LogP contribution is -2.48. The third-order valence-electron chi connectivity index (χ3n) is 7.81. The van der Waals surface area contributed by atoms with Crippen LogP contribution in [0.2, 0.25) is 0 Å². The maximum Gasteiger partial charge on any atom is 0.228 e. The number of benzene rings is 2. The number of carbonyl (C=O) groups is 1. The molecule has 3 fully saturated rings. The summed E-state index contributed by atoms with van der Waals surface area (Å²) in [4.78, 5) is 17.9. The van der Waals surface area contributed by atoms with Gasteiger partial charge in [0.2, 0.25) is 5.91 Å². The average Bonchev–Trinajstić information content (AvgIpc) is 3.51. The molecule has 5 rings (SSSR count). The molecule has 4 nitrogen and oxygen atoms in total. The van der Waals surface area contributed by atoms with Gasteiger partial charge in [0.05, 0.1) is 0 Å². The molecule has 0 bridgehead atoms. The molecule has 6 heteroatoms. The van der Waals surface area contributed by atoms with E-state index in [-0.39, 0.29) is 17.2 Å². The molecule has 1 unspecified atom stereocenters. The quantitative estimate of drug-likeness (QED) is 0.736. The van der Waals surface area contributed by atoms with Gasteiger partial charge in [-0.05, 0) is 81.4 Å². The summed E-state index contributed by atoms with van der Waals surface area (Å²) in [6.45, 7) is 5.42. The molecule has 0 aromatic heterocycles. The Hall–Kier alpha value is -2.31. The molecular formula is C26H31F2N3O. The lowest BCUT2D eigenvalue weighted by atomic mass is 9.88. The van der Waals surface area contributed by atoms with Gasteiger partial charge in [0, 0.05) is 30.3 Å². The van der Waals surface area contributed by atoms with Crippen LogP contribution < -0.4 is 5.32 Å². The van der Waals surface area contributed by atoms with E-state index in [2.05, 4.69) is 45.4 Å². The van der Waals surface area contributed by atoms with Crippen molar-refractivity contribution in [3.63, 3.8) is 0 Å². The van der Waals surface area contributed by atoms with Crippen molar-refractivity contribution in [2.45, 2.75) is 44.7 Å². The fraction of sp³-hybridized carbons (Fsp3) is 0.500. The number of likely N-dealkylation sites (tertiary alicyclic amines) is 2. The summed E-state index contributed by atoms with van der Waals surface area (Å²) in [5, 5.41) is 2.78. The third-order valence-corrected chi connectivity index (χ3v) is 7.81. The van der Waals surface area contributed by atoms with Crippen molar-refractivity contribution < 1.29 is 13.6 Å². The van der Waals surface area contributed by atoms with E-state index in [9.17, 15) is 13.6 Å². The number of hydrogen-bond acceptors (Lipinski definition) is 3. The van der Waals surface area contributed by atoms with Gasteiger partial charge in [-0.15, -0.1) is 0 Å². The number of anilines is 1. The van der Waals surface area contributed by atoms with Gasteiger partial charge in [-0.3, -0.25) is 9.69 Å². The Labute approximate surface area is 188 Å². The van der Waals surface area contributed by atoms with Gasteiger partial charge in [-0.1, -0.05) is 30.3 Å². The molecule has 2 saturated heterocycles. The van der Waals surface area contributed by atoms with Crippen LogP contribution in [-0.4, -0.2) is 47.9 Å². The molecule has 1 aliphatic carbocycles. The van der Waals surface area contributed by atoms with Gasteiger partial charge in [-0.2, -0.15) is 0 Å². The van der Waals surface area contributed by atoms with Crippen molar-refractivity contribution in [3.8, 4) is 0 Å². The second-order valence-electron chi connectivity index (χ2n) is 9.77. The smallest absolute Gasteiger partial charge is 0.228 e. The first-order valence-corrected chi connectivity index (χ1v) is 11.8. The van der Waals surface area contributed by atoms with E-state index in [0.717, 1.165) is 64.1 Å². The highest BCUT2D eigenvalue weighted by molar-refractivity contribution is 5.95. The molecule has 1 saturated carbocycles. The van der Waals surface area contributed by atoms with Crippen molar-refractivity contribution >= 4 is 11.6 Å². The first-order chi connectivity index (χ1) is 15.5. The Bertz CT molecular complexity index is 951. The summed E-state index contributed by atoms with van der Waals surface area (Å²) in [6, 6.07) is 14.8. The number of hydrogen-bond donors (Lipinski definition) is 1. The van der Waals surface area contributed by atoms with E-state index in [4.69, 9.17) is 0 Å². The van der Waals surface area contributed by atoms with Crippen molar-refractivity contribution in [3.05, 3.63) is 65.7 Å². The molecule has 1 N–H and O–H groups in total. The van der Waals surface area contributed by atoms with E-state index in [1.54, 1.807) is 0 Å². The maximum atomic E-state index is 13.4. The van der Waals surface area contributed by atoms with E-state index >= 15 is 0 Å². The Kier molecular flexibility index (Phi) is 5.99. The minimum atomic E-state index is -0.934. The molecule has 3 aliphatic rings. The van der Waals surface area contributed by atoms with Crippen molar-refractivity contribution in [1.29, 1.82) is 0 Å². The van der Waals surface area contributed by atoms with Gasteiger partial charge in [-0.25, -0.2) is 8.78 Å². The van der Waals surface area contributed by atoms with Crippen LogP contribution >= 0.6 is 0 Å². The second kappa shape index (κ2) is 8.91. The summed E-state index contributed by atoms with van der Waals surface area (Å²) < 4.78 is 26.5. The van der Waals surface area contributed by atoms with Crippen LogP contribution in [0.25, 0.3) is 0 Å². The zero-order valence-electron chi connectivity index (χ0n) is 18.4. The first-order valence-electron chi connectivity index (χ1n) is 11.8. The van der Waals surface area contributed by atoms with E-state index < -0.39 is 11.6 Å². The number of amides is 1. The summed E-state index contributed by atoms with van der Waals surface area (Å²) in [5.74, 6) is -1.90. The molecule has 2 heterocycles. The van der Waals surface area contributed by atoms with Crippen LogP contribution in [0.1, 0.15) is 37.7 Å². The van der Waals surface area contributed by atoms with Crippen LogP contribution in [-0.2, 0) is 11.3 Å². The van der Waals surface area contributed by atoms with Crippen LogP contribution in [0.4, 0.5) is 14.5 Å². The highest BCUT2D eigenvalue weighted by Crippen LogP contribution is 2.60. The number of piperidine rings is 2. The Morgan fingerprint density at radius 3 is 2.38 bits per heavy atom. The molecule has 32 heavy (non-hydrogen) atoms. The molecule has 1 spiro atoms. The summed E-state index contributed by atoms with van der Waals surface area (Å²) in [7, 11) is 0. The lowest BCUT2D eigenvalue weighted by Gasteiger charge is -2.42. The van der Waals surface area contributed by atoms with Crippen LogP contribution in [0.15, 0.2) is 48.5 Å². The SMILES string of the molecule is O=C(Nc1ccc(F)c(F)c1)C1CC12CCN(C1CCN(Cc3ccccc3)CC1)CC2. The fourth-order valence-electron chi connectivity index (χ4n) is 5.69. The number of nitrogens with one attached hydrogen (secondary N) is 1. The minimum absolute atomic E-state index is 0.00881. The van der Waals surface area contributed by atoms with Gasteiger partial charge >= 0.3 is 0 Å². The molecule has 2 aromatic carbocycles. The third kappa shape index (κ3) is 4.57. The van der Waals surface area contributed by atoms with Gasteiger partial charge in [0.25, 0.3) is 0 Å². The van der Waals surface area contributed by atoms with Crippen molar-refractivity contribution in [2.24, 2.45) is 11.3 Å². The highest BCUT2D eigenvalue weighted by atomic mass is 19.2. The number of nitrogens with zero attached hydrogens (tertiary/aromatic N) is 2. The molecule has 1 amide bonds. The molecule has 0 radical (unpaired) electrons. The molecular weight excluding hydrogens is 408 g/mol. The van der Waals surface area contributed by atoms with Gasteiger partial charge in [0.1, 0.15) is 0 Å². The zero-order valence-corrected chi connectivity index (χ0v) is 18.4. The average molecular weight is 440 g/mol. The van der Waals surface area contributed by atoms with Gasteiger partial charge < -0.3 is 10.2 Å². The minimum Gasteiger partial charge on any atom is -0.326 e. The molecule has 2 aliphatic heterocycles. The Balaban J connectivity index is 1.07. The van der Waals surface area contributed by atoms with E-state index in [0.29, 0.717) is 11.7 Å². The van der Waals surface area contributed by atoms with Crippen LogP contribution in [0, 0.1) is 23.0 Å². The predicted octanol–water partition coefficient (Wildman–Crippen LogP) is 4.67. The normalized spacial score (nSPS) is 23.9. The molecule has 170 valence electrons.